The molecule has 0 radical (unpaired) electrons. The maximum absolute atomic E-state index is 15.5. The Bertz CT molecular complexity index is 1220. The van der Waals surface area contributed by atoms with Gasteiger partial charge in [-0.15, -0.1) is 0 Å². The van der Waals surface area contributed by atoms with Gasteiger partial charge in [-0.1, -0.05) is 31.5 Å². The molecule has 0 amide bonds. The van der Waals surface area contributed by atoms with Gasteiger partial charge in [0.2, 0.25) is 0 Å². The topological polar surface area (TPSA) is 158 Å². The molecule has 0 bridgehead atoms. The van der Waals surface area contributed by atoms with Crippen LogP contribution in [0.4, 0.5) is 4.39 Å². The summed E-state index contributed by atoms with van der Waals surface area (Å²) >= 11 is 0. The lowest BCUT2D eigenvalue weighted by molar-refractivity contribution is -0.145. The van der Waals surface area contributed by atoms with Gasteiger partial charge in [0.1, 0.15) is 24.0 Å². The minimum atomic E-state index is -4.30. The molecular weight excluding hydrogens is 512 g/mol. The summed E-state index contributed by atoms with van der Waals surface area (Å²) in [5.74, 6) is -0.522. The molecule has 0 spiro atoms. The molecule has 2 unspecified atom stereocenters. The molecule has 37 heavy (non-hydrogen) atoms. The number of benzene rings is 1. The number of carbonyl (C=O) groups is 1. The van der Waals surface area contributed by atoms with Gasteiger partial charge in [-0.2, -0.15) is 5.09 Å². The molecule has 6 atom stereocenters. The second-order valence-corrected chi connectivity index (χ2v) is 10.4. The number of aliphatic hydroxyl groups is 1. The number of aromatic amines is 1. The highest BCUT2D eigenvalue weighted by molar-refractivity contribution is 7.52. The molecule has 3 N–H and O–H groups in total. The number of rotatable bonds is 12. The number of hydrogen-bond acceptors (Lipinski definition) is 9. The maximum Gasteiger partial charge on any atom is 0.459 e. The Morgan fingerprint density at radius 1 is 1.32 bits per heavy atom. The fourth-order valence-corrected chi connectivity index (χ4v) is 5.08. The molecule has 1 saturated heterocycles. The van der Waals surface area contributed by atoms with Gasteiger partial charge in [0.15, 0.2) is 11.9 Å². The third-order valence-corrected chi connectivity index (χ3v) is 7.29. The fraction of sp³-hybridized carbons (Fsp3) is 0.522. The number of para-hydroxylation sites is 1. The van der Waals surface area contributed by atoms with Crippen molar-refractivity contribution in [1.82, 2.24) is 14.6 Å². The summed E-state index contributed by atoms with van der Waals surface area (Å²) in [7, 11) is -4.30. The highest BCUT2D eigenvalue weighted by Crippen LogP contribution is 2.47. The number of aliphatic hydroxyl groups excluding tert-OH is 1. The number of hydrogen-bond donors (Lipinski definition) is 3. The minimum absolute atomic E-state index is 0.158. The highest BCUT2D eigenvalue weighted by atomic mass is 31.2. The fourth-order valence-electron chi connectivity index (χ4n) is 3.58. The number of H-pyrrole nitrogens is 1. The Morgan fingerprint density at radius 3 is 2.68 bits per heavy atom. The zero-order valence-corrected chi connectivity index (χ0v) is 21.6. The van der Waals surface area contributed by atoms with Crippen LogP contribution in [0.25, 0.3) is 0 Å². The van der Waals surface area contributed by atoms with Crippen molar-refractivity contribution in [3.63, 3.8) is 0 Å². The molecule has 2 heterocycles. The molecule has 1 aromatic carbocycles. The maximum atomic E-state index is 15.5. The van der Waals surface area contributed by atoms with Crippen LogP contribution in [-0.2, 0) is 23.4 Å². The molecular formula is C23H31FN3O9P. The molecule has 12 nitrogen and oxygen atoms in total. The number of alkyl halides is 1. The van der Waals surface area contributed by atoms with Gasteiger partial charge in [-0.05, 0) is 32.4 Å². The van der Waals surface area contributed by atoms with Crippen LogP contribution in [0, 0.1) is 0 Å². The van der Waals surface area contributed by atoms with Crippen molar-refractivity contribution in [2.24, 2.45) is 0 Å². The second kappa shape index (κ2) is 12.1. The van der Waals surface area contributed by atoms with E-state index in [1.54, 1.807) is 18.2 Å². The Morgan fingerprint density at radius 2 is 2.03 bits per heavy atom. The van der Waals surface area contributed by atoms with E-state index >= 15 is 4.39 Å². The standard InChI is InChI=1S/C23H31FN3O9P/c1-4-5-13-33-20(30)15(2)26-37(32,36-16-9-7-6-8-10-16)34-14-17-19(29)23(3,24)21(35-17)27-12-11-18(28)25-22(27)31/h6-12,15,17,19,21,29H,4-5,13-14H2,1-3H3,(H,26,32)(H,25,28,31)/t15-,17-,19-,21-,23?,37?/m1/s1. The first-order valence-corrected chi connectivity index (χ1v) is 13.3. The molecule has 204 valence electrons. The van der Waals surface area contributed by atoms with E-state index in [4.69, 9.17) is 18.5 Å². The van der Waals surface area contributed by atoms with Crippen LogP contribution in [0.15, 0.2) is 52.2 Å². The van der Waals surface area contributed by atoms with E-state index in [1.165, 1.54) is 19.1 Å². The van der Waals surface area contributed by atoms with Crippen molar-refractivity contribution in [2.45, 2.75) is 63.8 Å². The number of carbonyl (C=O) groups excluding carboxylic acids is 1. The van der Waals surface area contributed by atoms with Gasteiger partial charge < -0.3 is 19.1 Å². The van der Waals surface area contributed by atoms with E-state index in [0.29, 0.717) is 6.42 Å². The van der Waals surface area contributed by atoms with Crippen LogP contribution in [-0.4, -0.2) is 57.8 Å². The van der Waals surface area contributed by atoms with Crippen LogP contribution in [0.3, 0.4) is 0 Å². The summed E-state index contributed by atoms with van der Waals surface area (Å²) in [6.07, 6.45) is -2.30. The first-order chi connectivity index (χ1) is 17.5. The van der Waals surface area contributed by atoms with Gasteiger partial charge in [0.25, 0.3) is 5.56 Å². The smallest absolute Gasteiger partial charge is 0.459 e. The van der Waals surface area contributed by atoms with Crippen molar-refractivity contribution in [2.75, 3.05) is 13.2 Å². The lowest BCUT2D eigenvalue weighted by Gasteiger charge is -2.25. The monoisotopic (exact) mass is 543 g/mol. The zero-order valence-electron chi connectivity index (χ0n) is 20.7. The molecule has 0 saturated carbocycles. The van der Waals surface area contributed by atoms with Gasteiger partial charge in [-0.25, -0.2) is 13.8 Å². The van der Waals surface area contributed by atoms with Crippen LogP contribution in [0.1, 0.15) is 39.8 Å². The van der Waals surface area contributed by atoms with Crippen molar-refractivity contribution in [3.8, 4) is 5.75 Å². The molecule has 1 fully saturated rings. The predicted octanol–water partition coefficient (Wildman–Crippen LogP) is 2.05. The van der Waals surface area contributed by atoms with Gasteiger partial charge >= 0.3 is 19.4 Å². The third kappa shape index (κ3) is 7.14. The number of nitrogens with zero attached hydrogens (tertiary/aromatic N) is 1. The number of esters is 1. The van der Waals surface area contributed by atoms with Crippen molar-refractivity contribution < 1.29 is 37.4 Å². The van der Waals surface area contributed by atoms with E-state index < -0.39 is 61.7 Å². The number of unbranched alkanes of at least 4 members (excludes halogenated alkanes) is 1. The molecule has 0 aliphatic carbocycles. The zero-order chi connectivity index (χ0) is 27.2. The quantitative estimate of drug-likeness (QED) is 0.206. The normalized spacial score (nSPS) is 25.8. The Labute approximate surface area is 212 Å². The molecule has 3 rings (SSSR count). The number of nitrogens with one attached hydrogen (secondary N) is 2. The lowest BCUT2D eigenvalue weighted by atomic mass is 9.98. The average Bonchev–Trinajstić information content (AvgIpc) is 3.07. The van der Waals surface area contributed by atoms with Crippen molar-refractivity contribution in [3.05, 3.63) is 63.4 Å². The van der Waals surface area contributed by atoms with Gasteiger partial charge in [0.05, 0.1) is 13.2 Å². The van der Waals surface area contributed by atoms with Crippen LogP contribution >= 0.6 is 7.75 Å². The highest BCUT2D eigenvalue weighted by Gasteiger charge is 2.55. The van der Waals surface area contributed by atoms with E-state index in [0.717, 1.165) is 30.2 Å². The first-order valence-electron chi connectivity index (χ1n) is 11.7. The van der Waals surface area contributed by atoms with Crippen LogP contribution < -0.4 is 20.9 Å². The summed E-state index contributed by atoms with van der Waals surface area (Å²) in [6.45, 7) is 3.92. The molecule has 14 heteroatoms. The van der Waals surface area contributed by atoms with Gasteiger partial charge in [0, 0.05) is 12.3 Å². The molecule has 2 aromatic rings. The summed E-state index contributed by atoms with van der Waals surface area (Å²) < 4.78 is 51.6. The second-order valence-electron chi connectivity index (χ2n) is 8.71. The van der Waals surface area contributed by atoms with Crippen molar-refractivity contribution >= 4 is 13.7 Å². The van der Waals surface area contributed by atoms with Crippen LogP contribution in [0.5, 0.6) is 5.75 Å². The summed E-state index contributed by atoms with van der Waals surface area (Å²) in [4.78, 5) is 37.8. The molecule has 1 aromatic heterocycles. The Balaban J connectivity index is 1.77. The third-order valence-electron chi connectivity index (χ3n) is 5.65. The molecule has 1 aliphatic rings. The predicted molar refractivity (Wildman–Crippen MR) is 130 cm³/mol. The summed E-state index contributed by atoms with van der Waals surface area (Å²) in [6, 6.07) is 7.91. The Kier molecular flexibility index (Phi) is 9.43. The molecule has 1 aliphatic heterocycles. The van der Waals surface area contributed by atoms with E-state index in [2.05, 4.69) is 5.09 Å². The van der Waals surface area contributed by atoms with E-state index in [-0.39, 0.29) is 12.4 Å². The first kappa shape index (κ1) is 28.7. The van der Waals surface area contributed by atoms with E-state index in [1.807, 2.05) is 11.9 Å². The van der Waals surface area contributed by atoms with Crippen molar-refractivity contribution in [1.29, 1.82) is 0 Å². The summed E-state index contributed by atoms with van der Waals surface area (Å²) in [5, 5.41) is 13.1. The average molecular weight is 543 g/mol. The largest absolute Gasteiger partial charge is 0.465 e. The van der Waals surface area contributed by atoms with Crippen LogP contribution in [0.2, 0.25) is 0 Å². The number of halogens is 1. The van der Waals surface area contributed by atoms with Gasteiger partial charge in [-0.3, -0.25) is 23.7 Å². The Hall–Kier alpha value is -2.83. The lowest BCUT2D eigenvalue weighted by Crippen LogP contribution is -2.43. The number of ether oxygens (including phenoxy) is 2. The van der Waals surface area contributed by atoms with E-state index in [9.17, 15) is 24.1 Å². The number of aromatic nitrogens is 2. The summed E-state index contributed by atoms with van der Waals surface area (Å²) in [5.41, 5.74) is -4.11. The minimum Gasteiger partial charge on any atom is -0.465 e. The SMILES string of the molecule is CCCCOC(=O)[C@@H](C)NP(=O)(OC[C@H]1O[C@@H](n2ccc(=O)[nH]c2=O)C(C)(F)[C@@H]1O)Oc1ccccc1.